The van der Waals surface area contributed by atoms with E-state index < -0.39 is 5.97 Å². The number of ether oxygens (including phenoxy) is 2. The molecule has 2 aliphatic heterocycles. The largest absolute Gasteiger partial charge is 0.508 e. The smallest absolute Gasteiger partial charge is 0.308 e. The van der Waals surface area contributed by atoms with E-state index in [4.69, 9.17) is 9.47 Å². The van der Waals surface area contributed by atoms with E-state index >= 15 is 0 Å². The van der Waals surface area contributed by atoms with Gasteiger partial charge in [-0.05, 0) is 75.3 Å². The second-order valence-electron chi connectivity index (χ2n) is 15.6. The van der Waals surface area contributed by atoms with Gasteiger partial charge in [-0.25, -0.2) is 0 Å². The highest BCUT2D eigenvalue weighted by Crippen LogP contribution is 2.65. The second-order valence-corrected chi connectivity index (χ2v) is 15.6. The number of piperidine rings is 1. The van der Waals surface area contributed by atoms with Gasteiger partial charge in [-0.2, -0.15) is 0 Å². The molecule has 2 saturated carbocycles. The summed E-state index contributed by atoms with van der Waals surface area (Å²) in [5.74, 6) is 2.08. The Labute approximate surface area is 293 Å². The van der Waals surface area contributed by atoms with Gasteiger partial charge in [-0.3, -0.25) is 14.5 Å². The molecule has 3 fully saturated rings. The van der Waals surface area contributed by atoms with Crippen molar-refractivity contribution >= 4 is 11.9 Å². The number of likely N-dealkylation sites (tertiary alicyclic amines) is 1. The van der Waals surface area contributed by atoms with Crippen molar-refractivity contribution in [1.29, 1.82) is 0 Å². The lowest BCUT2D eigenvalue weighted by molar-refractivity contribution is -0.142. The number of benzene rings is 2. The van der Waals surface area contributed by atoms with E-state index in [0.29, 0.717) is 23.8 Å². The summed E-state index contributed by atoms with van der Waals surface area (Å²) in [5.41, 5.74) is 2.96. The molecule has 0 aromatic heterocycles. The van der Waals surface area contributed by atoms with Gasteiger partial charge in [0.2, 0.25) is 5.91 Å². The van der Waals surface area contributed by atoms with Gasteiger partial charge >= 0.3 is 5.97 Å². The summed E-state index contributed by atoms with van der Waals surface area (Å²) in [4.78, 5) is 31.4. The van der Waals surface area contributed by atoms with E-state index in [1.54, 1.807) is 6.07 Å². The number of hydrogen-bond acceptors (Lipinski definition) is 6. The zero-order valence-corrected chi connectivity index (χ0v) is 29.5. The quantitative estimate of drug-likeness (QED) is 0.0955. The first-order chi connectivity index (χ1) is 23.9. The Morgan fingerprint density at radius 2 is 1.90 bits per heavy atom. The van der Waals surface area contributed by atoms with E-state index in [2.05, 4.69) is 46.7 Å². The number of unbranched alkanes of at least 4 members (excludes halogenated alkanes) is 2. The van der Waals surface area contributed by atoms with Gasteiger partial charge in [0.05, 0.1) is 6.04 Å². The fraction of sp³-hybridized carbons (Fsp3) is 0.619. The maximum Gasteiger partial charge on any atom is 0.308 e. The molecule has 1 spiro atoms. The van der Waals surface area contributed by atoms with Gasteiger partial charge in [-0.1, -0.05) is 81.4 Å². The van der Waals surface area contributed by atoms with E-state index in [0.717, 1.165) is 94.5 Å². The normalized spacial score (nSPS) is 27.2. The molecule has 7 nitrogen and oxygen atoms in total. The first-order valence-corrected chi connectivity index (χ1v) is 19.3. The summed E-state index contributed by atoms with van der Waals surface area (Å²) in [7, 11) is 0. The minimum atomic E-state index is -0.433. The molecule has 5 atom stereocenters. The molecule has 3 aliphatic carbocycles. The van der Waals surface area contributed by atoms with Crippen molar-refractivity contribution in [1.82, 2.24) is 9.80 Å². The molecule has 7 rings (SSSR count). The van der Waals surface area contributed by atoms with Crippen molar-refractivity contribution in [3.63, 3.8) is 0 Å². The van der Waals surface area contributed by atoms with Crippen LogP contribution in [0.15, 0.2) is 49.1 Å². The van der Waals surface area contributed by atoms with Crippen LogP contribution in [0.4, 0.5) is 0 Å². The fourth-order valence-electron chi connectivity index (χ4n) is 10.7. The summed E-state index contributed by atoms with van der Waals surface area (Å²) in [6, 6.07) is 12.4. The molecule has 1 saturated heterocycles. The molecular weight excluding hydrogens is 612 g/mol. The molecule has 5 aliphatic rings. The van der Waals surface area contributed by atoms with Crippen molar-refractivity contribution in [2.24, 2.45) is 11.8 Å². The molecule has 2 heterocycles. The number of carbonyl (C=O) groups excluding carboxylic acids is 2. The topological polar surface area (TPSA) is 79.3 Å². The lowest BCUT2D eigenvalue weighted by Gasteiger charge is -2.60. The summed E-state index contributed by atoms with van der Waals surface area (Å²) in [5, 5.41) is 11.4. The number of hydrogen-bond donors (Lipinski definition) is 1. The second kappa shape index (κ2) is 14.9. The van der Waals surface area contributed by atoms with Crippen LogP contribution < -0.4 is 9.47 Å². The third-order valence-electron chi connectivity index (χ3n) is 12.8. The van der Waals surface area contributed by atoms with Crippen LogP contribution in [0.5, 0.6) is 17.2 Å². The monoisotopic (exact) mass is 668 g/mol. The van der Waals surface area contributed by atoms with Crippen LogP contribution in [0.25, 0.3) is 0 Å². The highest BCUT2D eigenvalue weighted by Gasteiger charge is 2.67. The Balaban J connectivity index is 1.17. The minimum absolute atomic E-state index is 0.0731. The molecule has 2 aromatic carbocycles. The molecule has 0 unspecified atom stereocenters. The number of nitrogens with zero attached hydrogens (tertiary/aromatic N) is 2. The average Bonchev–Trinajstić information content (AvgIpc) is 3.45. The van der Waals surface area contributed by atoms with Crippen molar-refractivity contribution in [2.45, 2.75) is 133 Å². The molecule has 0 radical (unpaired) electrons. The first-order valence-electron chi connectivity index (χ1n) is 19.3. The fourth-order valence-corrected chi connectivity index (χ4v) is 10.7. The van der Waals surface area contributed by atoms with Gasteiger partial charge in [0.15, 0.2) is 11.5 Å². The predicted octanol–water partition coefficient (Wildman–Crippen LogP) is 7.90. The molecule has 2 bridgehead atoms. The van der Waals surface area contributed by atoms with Gasteiger partial charge in [0, 0.05) is 55.1 Å². The van der Waals surface area contributed by atoms with Crippen LogP contribution in [0.3, 0.4) is 0 Å². The van der Waals surface area contributed by atoms with Gasteiger partial charge in [0.25, 0.3) is 0 Å². The number of aryl methyl sites for hydroxylation is 1. The zero-order valence-electron chi connectivity index (χ0n) is 29.5. The molecular formula is C42H56N2O5. The number of carbonyl (C=O) groups is 2. The Kier molecular flexibility index (Phi) is 10.4. The predicted molar refractivity (Wildman–Crippen MR) is 192 cm³/mol. The van der Waals surface area contributed by atoms with Crippen molar-refractivity contribution in [3.05, 3.63) is 65.7 Å². The third kappa shape index (κ3) is 6.64. The van der Waals surface area contributed by atoms with Gasteiger partial charge in [-0.15, -0.1) is 6.58 Å². The van der Waals surface area contributed by atoms with Gasteiger partial charge in [0.1, 0.15) is 11.9 Å². The number of phenolic OH excluding ortho intramolecular Hbond substituents is 1. The summed E-state index contributed by atoms with van der Waals surface area (Å²) >= 11 is 0. The van der Waals surface area contributed by atoms with Gasteiger partial charge < -0.3 is 19.5 Å². The molecule has 1 amide bonds. The minimum Gasteiger partial charge on any atom is -0.508 e. The van der Waals surface area contributed by atoms with Crippen LogP contribution in [0, 0.1) is 11.8 Å². The van der Waals surface area contributed by atoms with Crippen LogP contribution in [0.1, 0.15) is 114 Å². The molecule has 49 heavy (non-hydrogen) atoms. The number of amides is 1. The molecule has 1 N–H and O–H groups in total. The Morgan fingerprint density at radius 3 is 2.67 bits per heavy atom. The van der Waals surface area contributed by atoms with E-state index in [1.807, 2.05) is 6.08 Å². The number of aromatic hydroxyl groups is 1. The van der Waals surface area contributed by atoms with Crippen molar-refractivity contribution in [2.75, 3.05) is 19.6 Å². The lowest BCUT2D eigenvalue weighted by atomic mass is 9.50. The molecule has 264 valence electrons. The molecule has 2 aromatic rings. The maximum atomic E-state index is 14.4. The SMILES string of the molecule is C=CCN1CC[C@]23c4c5c(O)cc(OC(C)=O)c4O[C@H]2[C@H](N(CCCCc2ccccc2)C(=O)CCCCC2CCCCC2)CC[C@H]3[C@H]1C5. The average molecular weight is 669 g/mol. The lowest BCUT2D eigenvalue weighted by Crippen LogP contribution is -2.69. The molecule has 7 heteroatoms. The summed E-state index contributed by atoms with van der Waals surface area (Å²) in [6.07, 6.45) is 18.9. The highest BCUT2D eigenvalue weighted by atomic mass is 16.6. The Morgan fingerprint density at radius 1 is 1.08 bits per heavy atom. The highest BCUT2D eigenvalue weighted by molar-refractivity contribution is 5.77. The zero-order chi connectivity index (χ0) is 34.0. The van der Waals surface area contributed by atoms with E-state index in [9.17, 15) is 14.7 Å². The van der Waals surface area contributed by atoms with Crippen LogP contribution in [0.2, 0.25) is 0 Å². The number of phenols is 1. The number of esters is 1. The van der Waals surface area contributed by atoms with Crippen molar-refractivity contribution in [3.8, 4) is 17.2 Å². The number of rotatable bonds is 14. The standard InChI is InChI=1S/C42H56N2O5/c1-3-24-43-26-23-42-33-21-22-34(41(42)49-40-37(48-29(2)45)28-36(46)32(39(40)42)27-35(33)43)44(25-13-12-19-31-16-8-5-9-17-31)38(47)20-11-10-18-30-14-6-4-7-15-30/h3,5,8-9,16-17,28,30,33-35,41,46H,1,4,6-7,10-15,18-27H2,2H3/t33-,34+,35+,41-,42-/m0/s1. The van der Waals surface area contributed by atoms with E-state index in [-0.39, 0.29) is 35.3 Å². The van der Waals surface area contributed by atoms with Crippen molar-refractivity contribution < 1.29 is 24.2 Å². The van der Waals surface area contributed by atoms with E-state index in [1.165, 1.54) is 51.0 Å². The maximum absolute atomic E-state index is 14.4. The summed E-state index contributed by atoms with van der Waals surface area (Å²) < 4.78 is 12.8. The third-order valence-corrected chi connectivity index (χ3v) is 12.8. The first kappa shape index (κ1) is 34.1. The Hall–Kier alpha value is -3.32. The summed E-state index contributed by atoms with van der Waals surface area (Å²) in [6.45, 7) is 7.88. The van der Waals surface area contributed by atoms with Crippen LogP contribution in [-0.2, 0) is 27.8 Å². The van der Waals surface area contributed by atoms with Crippen LogP contribution in [-0.4, -0.2) is 64.6 Å². The Bertz CT molecular complexity index is 1500. The van der Waals surface area contributed by atoms with Crippen LogP contribution >= 0.6 is 0 Å².